The highest BCUT2D eigenvalue weighted by atomic mass is 16.3. The van der Waals surface area contributed by atoms with Crippen molar-refractivity contribution in [1.82, 2.24) is 15.2 Å². The number of hydrogen-bond acceptors (Lipinski definition) is 4. The van der Waals surface area contributed by atoms with Gasteiger partial charge in [0.1, 0.15) is 5.76 Å². The molecule has 1 fully saturated rings. The van der Waals surface area contributed by atoms with Gasteiger partial charge >= 0.3 is 0 Å². The average Bonchev–Trinajstić information content (AvgIpc) is 3.14. The lowest BCUT2D eigenvalue weighted by Gasteiger charge is -2.32. The molecule has 3 heterocycles. The van der Waals surface area contributed by atoms with E-state index >= 15 is 0 Å². The van der Waals surface area contributed by atoms with Crippen LogP contribution in [0.25, 0.3) is 6.08 Å². The van der Waals surface area contributed by atoms with Gasteiger partial charge in [0.05, 0.1) is 6.26 Å². The summed E-state index contributed by atoms with van der Waals surface area (Å²) in [6.07, 6.45) is 11.4. The minimum atomic E-state index is -0.0211. The second-order valence-electron chi connectivity index (χ2n) is 6.13. The Balaban J connectivity index is 1.43. The molecule has 1 unspecified atom stereocenters. The third-order valence-corrected chi connectivity index (χ3v) is 4.29. The molecular weight excluding hydrogens is 302 g/mol. The van der Waals surface area contributed by atoms with Gasteiger partial charge in [0.15, 0.2) is 0 Å². The third-order valence-electron chi connectivity index (χ3n) is 4.29. The van der Waals surface area contributed by atoms with Crippen molar-refractivity contribution in [3.63, 3.8) is 0 Å². The largest absolute Gasteiger partial charge is 0.465 e. The number of rotatable bonds is 6. The van der Waals surface area contributed by atoms with Gasteiger partial charge in [-0.25, -0.2) is 0 Å². The van der Waals surface area contributed by atoms with E-state index in [0.29, 0.717) is 11.5 Å². The number of furan rings is 1. The van der Waals surface area contributed by atoms with E-state index < -0.39 is 0 Å². The fourth-order valence-corrected chi connectivity index (χ4v) is 3.03. The number of carbonyl (C=O) groups excluding carboxylic acids is 1. The van der Waals surface area contributed by atoms with Crippen LogP contribution in [-0.2, 0) is 0 Å². The highest BCUT2D eigenvalue weighted by molar-refractivity contribution is 5.93. The summed E-state index contributed by atoms with van der Waals surface area (Å²) in [6, 6.07) is 7.32. The van der Waals surface area contributed by atoms with Crippen LogP contribution in [0.2, 0.25) is 0 Å². The SMILES string of the molecule is O=C(NCC1CCCN(C/C=C/c2ccco2)C1)c1ccncc1. The second kappa shape index (κ2) is 8.45. The molecule has 5 heteroatoms. The van der Waals surface area contributed by atoms with Gasteiger partial charge in [0.25, 0.3) is 5.91 Å². The molecule has 1 atom stereocenters. The first-order valence-corrected chi connectivity index (χ1v) is 8.42. The maximum Gasteiger partial charge on any atom is 0.251 e. The predicted molar refractivity (Wildman–Crippen MR) is 93.5 cm³/mol. The number of aromatic nitrogens is 1. The van der Waals surface area contributed by atoms with Crippen molar-refractivity contribution in [2.24, 2.45) is 5.92 Å². The molecule has 126 valence electrons. The zero-order chi connectivity index (χ0) is 16.6. The number of nitrogens with zero attached hydrogens (tertiary/aromatic N) is 2. The quantitative estimate of drug-likeness (QED) is 0.887. The Bertz CT molecular complexity index is 653. The number of nitrogens with one attached hydrogen (secondary N) is 1. The summed E-state index contributed by atoms with van der Waals surface area (Å²) < 4.78 is 5.29. The Labute approximate surface area is 142 Å². The zero-order valence-corrected chi connectivity index (χ0v) is 13.7. The van der Waals surface area contributed by atoms with Gasteiger partial charge in [-0.1, -0.05) is 6.08 Å². The Morgan fingerprint density at radius 3 is 3.04 bits per heavy atom. The molecule has 0 saturated carbocycles. The van der Waals surface area contributed by atoms with Gasteiger partial charge in [0, 0.05) is 37.6 Å². The maximum absolute atomic E-state index is 12.1. The summed E-state index contributed by atoms with van der Waals surface area (Å²) in [6.45, 7) is 3.76. The lowest BCUT2D eigenvalue weighted by Crippen LogP contribution is -2.40. The van der Waals surface area contributed by atoms with Crippen molar-refractivity contribution >= 4 is 12.0 Å². The van der Waals surface area contributed by atoms with Gasteiger partial charge in [-0.05, 0) is 55.6 Å². The number of piperidine rings is 1. The molecule has 1 amide bonds. The van der Waals surface area contributed by atoms with E-state index in [-0.39, 0.29) is 5.91 Å². The average molecular weight is 325 g/mol. The van der Waals surface area contributed by atoms with Crippen LogP contribution in [0.15, 0.2) is 53.4 Å². The minimum absolute atomic E-state index is 0.0211. The van der Waals surface area contributed by atoms with Crippen LogP contribution in [0.4, 0.5) is 0 Å². The minimum Gasteiger partial charge on any atom is -0.465 e. The molecule has 2 aromatic rings. The van der Waals surface area contributed by atoms with Gasteiger partial charge in [0.2, 0.25) is 0 Å². The Kier molecular flexibility index (Phi) is 5.80. The van der Waals surface area contributed by atoms with Crippen molar-refractivity contribution in [2.75, 3.05) is 26.2 Å². The van der Waals surface area contributed by atoms with E-state index in [2.05, 4.69) is 21.3 Å². The molecule has 1 N–H and O–H groups in total. The van der Waals surface area contributed by atoms with Crippen LogP contribution in [-0.4, -0.2) is 42.0 Å². The van der Waals surface area contributed by atoms with Gasteiger partial charge in [-0.15, -0.1) is 0 Å². The molecular formula is C19H23N3O2. The Morgan fingerprint density at radius 1 is 1.38 bits per heavy atom. The zero-order valence-electron chi connectivity index (χ0n) is 13.7. The van der Waals surface area contributed by atoms with Gasteiger partial charge < -0.3 is 9.73 Å². The molecule has 1 aliphatic rings. The normalized spacial score (nSPS) is 18.8. The molecule has 0 aliphatic carbocycles. The van der Waals surface area contributed by atoms with E-state index in [9.17, 15) is 4.79 Å². The van der Waals surface area contributed by atoms with Crippen LogP contribution in [0.3, 0.4) is 0 Å². The highest BCUT2D eigenvalue weighted by Gasteiger charge is 2.19. The standard InChI is InChI=1S/C19H23N3O2/c23-19(17-7-9-20-10-8-17)21-14-16-4-1-11-22(15-16)12-2-5-18-6-3-13-24-18/h2-3,5-10,13,16H,1,4,11-12,14-15H2,(H,21,23)/b5-2+. The molecule has 24 heavy (non-hydrogen) atoms. The summed E-state index contributed by atoms with van der Waals surface area (Å²) in [7, 11) is 0. The van der Waals surface area contributed by atoms with Crippen LogP contribution in [0, 0.1) is 5.92 Å². The highest BCUT2D eigenvalue weighted by Crippen LogP contribution is 2.16. The summed E-state index contributed by atoms with van der Waals surface area (Å²) in [5, 5.41) is 3.04. The molecule has 0 spiro atoms. The fraction of sp³-hybridized carbons (Fsp3) is 0.368. The number of pyridine rings is 1. The lowest BCUT2D eigenvalue weighted by atomic mass is 9.98. The van der Waals surface area contributed by atoms with Crippen molar-refractivity contribution in [2.45, 2.75) is 12.8 Å². The van der Waals surface area contributed by atoms with Gasteiger partial charge in [-0.2, -0.15) is 0 Å². The van der Waals surface area contributed by atoms with Crippen LogP contribution < -0.4 is 5.32 Å². The van der Waals surface area contributed by atoms with E-state index in [1.165, 1.54) is 6.42 Å². The fourth-order valence-electron chi connectivity index (χ4n) is 3.03. The van der Waals surface area contributed by atoms with E-state index in [4.69, 9.17) is 4.42 Å². The van der Waals surface area contributed by atoms with E-state index in [1.54, 1.807) is 30.8 Å². The van der Waals surface area contributed by atoms with E-state index in [1.807, 2.05) is 18.2 Å². The first kappa shape index (κ1) is 16.5. The smallest absolute Gasteiger partial charge is 0.251 e. The molecule has 3 rings (SSSR count). The molecule has 1 saturated heterocycles. The first-order chi connectivity index (χ1) is 11.8. The van der Waals surface area contributed by atoms with Crippen LogP contribution in [0.1, 0.15) is 29.0 Å². The second-order valence-corrected chi connectivity index (χ2v) is 6.13. The Hall–Kier alpha value is -2.40. The number of carbonyl (C=O) groups is 1. The lowest BCUT2D eigenvalue weighted by molar-refractivity contribution is 0.0934. The molecule has 0 radical (unpaired) electrons. The van der Waals surface area contributed by atoms with Crippen molar-refractivity contribution in [3.05, 3.63) is 60.3 Å². The molecule has 5 nitrogen and oxygen atoms in total. The molecule has 0 bridgehead atoms. The number of likely N-dealkylation sites (tertiary alicyclic amines) is 1. The molecule has 0 aromatic carbocycles. The van der Waals surface area contributed by atoms with Crippen molar-refractivity contribution in [1.29, 1.82) is 0 Å². The van der Waals surface area contributed by atoms with E-state index in [0.717, 1.165) is 38.4 Å². The summed E-state index contributed by atoms with van der Waals surface area (Å²) in [4.78, 5) is 18.5. The topological polar surface area (TPSA) is 58.4 Å². The Morgan fingerprint density at radius 2 is 2.25 bits per heavy atom. The van der Waals surface area contributed by atoms with Gasteiger partial charge in [-0.3, -0.25) is 14.7 Å². The number of amides is 1. The molecule has 2 aromatic heterocycles. The first-order valence-electron chi connectivity index (χ1n) is 8.42. The summed E-state index contributed by atoms with van der Waals surface area (Å²) >= 11 is 0. The molecule has 1 aliphatic heterocycles. The van der Waals surface area contributed by atoms with Crippen molar-refractivity contribution in [3.8, 4) is 0 Å². The monoisotopic (exact) mass is 325 g/mol. The number of hydrogen-bond donors (Lipinski definition) is 1. The van der Waals surface area contributed by atoms with Crippen LogP contribution in [0.5, 0.6) is 0 Å². The van der Waals surface area contributed by atoms with Crippen LogP contribution >= 0.6 is 0 Å². The predicted octanol–water partition coefficient (Wildman–Crippen LogP) is 2.83. The van der Waals surface area contributed by atoms with Crippen molar-refractivity contribution < 1.29 is 9.21 Å². The maximum atomic E-state index is 12.1. The summed E-state index contributed by atoms with van der Waals surface area (Å²) in [5.41, 5.74) is 0.666. The summed E-state index contributed by atoms with van der Waals surface area (Å²) in [5.74, 6) is 1.36. The third kappa shape index (κ3) is 4.80.